The molecule has 80 valence electrons. The van der Waals surface area contributed by atoms with E-state index in [-0.39, 0.29) is 5.75 Å². The zero-order chi connectivity index (χ0) is 11.3. The molecule has 4 nitrogen and oxygen atoms in total. The average Bonchev–Trinajstić information content (AvgIpc) is 2.26. The summed E-state index contributed by atoms with van der Waals surface area (Å²) in [5, 5.41) is 9.70. The molecule has 0 aliphatic carbocycles. The third-order valence-corrected chi connectivity index (χ3v) is 2.12. The lowest BCUT2D eigenvalue weighted by Crippen LogP contribution is -2.71. The van der Waals surface area contributed by atoms with Crippen LogP contribution in [-0.2, 0) is 0 Å². The van der Waals surface area contributed by atoms with Crippen LogP contribution in [-0.4, -0.2) is 17.3 Å². The Morgan fingerprint density at radius 1 is 1.33 bits per heavy atom. The second kappa shape index (κ2) is 5.31. The highest BCUT2D eigenvalue weighted by molar-refractivity contribution is 7.96. The molecule has 5 heteroatoms. The number of amidine groups is 1. The Labute approximate surface area is 94.1 Å². The van der Waals surface area contributed by atoms with E-state index in [9.17, 15) is 0 Å². The highest BCUT2D eigenvalue weighted by Gasteiger charge is 2.01. The first kappa shape index (κ1) is 11.5. The highest BCUT2D eigenvalue weighted by atomic mass is 32.1. The summed E-state index contributed by atoms with van der Waals surface area (Å²) < 4.78 is 0. The predicted octanol–water partition coefficient (Wildman–Crippen LogP) is -0.547. The molecule has 1 rings (SSSR count). The fraction of sp³-hybridized carbons (Fsp3) is 0.100. The molecule has 4 N–H and O–H groups in total. The van der Waals surface area contributed by atoms with Crippen molar-refractivity contribution >= 4 is 23.5 Å². The maximum atomic E-state index is 9.10. The summed E-state index contributed by atoms with van der Waals surface area (Å²) in [4.78, 5) is 2.81. The lowest BCUT2D eigenvalue weighted by Gasteiger charge is -2.06. The standard InChI is InChI=1S/C10H13N3OS/c1-7(12-13-10(15)11-2)8-3-5-9(14)6-4-8/h3-6,12,14H,1H2,2H3,(H2,11,13,15)/p+1. The number of benzene rings is 1. The number of hydrogen-bond donors (Lipinski definition) is 5. The van der Waals surface area contributed by atoms with Gasteiger partial charge in [0.25, 0.3) is 0 Å². The number of phenolic OH excluding ortho intramolecular Hbond substituents is 1. The molecule has 0 saturated carbocycles. The molecule has 0 heterocycles. The van der Waals surface area contributed by atoms with Gasteiger partial charge in [-0.25, -0.2) is 5.43 Å². The lowest BCUT2D eigenvalue weighted by atomic mass is 10.2. The van der Waals surface area contributed by atoms with E-state index in [4.69, 9.17) is 5.11 Å². The highest BCUT2D eigenvalue weighted by Crippen LogP contribution is 2.13. The Morgan fingerprint density at radius 2 is 1.93 bits per heavy atom. The van der Waals surface area contributed by atoms with Gasteiger partial charge in [-0.15, -0.1) is 0 Å². The fourth-order valence-corrected chi connectivity index (χ4v) is 0.988. The van der Waals surface area contributed by atoms with Crippen LogP contribution in [0.25, 0.3) is 5.70 Å². The third kappa shape index (κ3) is 3.55. The van der Waals surface area contributed by atoms with E-state index in [0.717, 1.165) is 5.56 Å². The minimum Gasteiger partial charge on any atom is -0.508 e. The second-order valence-corrected chi connectivity index (χ2v) is 3.32. The summed E-state index contributed by atoms with van der Waals surface area (Å²) in [5.41, 5.74) is 7.25. The minimum atomic E-state index is 0.233. The molecule has 1 aromatic rings. The number of hydrogen-bond acceptors (Lipinski definition) is 2. The van der Waals surface area contributed by atoms with Crippen molar-refractivity contribution in [2.75, 3.05) is 7.05 Å². The van der Waals surface area contributed by atoms with Crippen LogP contribution in [0.2, 0.25) is 0 Å². The van der Waals surface area contributed by atoms with Crippen molar-refractivity contribution in [1.82, 2.24) is 10.9 Å². The molecule has 0 aliphatic rings. The summed E-state index contributed by atoms with van der Waals surface area (Å²) in [6.45, 7) is 3.83. The molecule has 15 heavy (non-hydrogen) atoms. The molecule has 0 aromatic heterocycles. The third-order valence-electron chi connectivity index (χ3n) is 1.78. The van der Waals surface area contributed by atoms with Crippen LogP contribution in [0.15, 0.2) is 30.8 Å². The maximum absolute atomic E-state index is 9.10. The zero-order valence-corrected chi connectivity index (χ0v) is 9.31. The Balaban J connectivity index is 2.58. The van der Waals surface area contributed by atoms with E-state index >= 15 is 0 Å². The van der Waals surface area contributed by atoms with E-state index in [0.29, 0.717) is 10.9 Å². The second-order valence-electron chi connectivity index (χ2n) is 2.87. The first-order chi connectivity index (χ1) is 7.13. The van der Waals surface area contributed by atoms with Gasteiger partial charge in [0.1, 0.15) is 5.75 Å². The summed E-state index contributed by atoms with van der Waals surface area (Å²) in [6, 6.07) is 6.74. The molecule has 0 radical (unpaired) electrons. The smallest absolute Gasteiger partial charge is 0.324 e. The van der Waals surface area contributed by atoms with E-state index in [1.165, 1.54) is 0 Å². The first-order valence-corrected chi connectivity index (χ1v) is 4.82. The van der Waals surface area contributed by atoms with Gasteiger partial charge in [0.05, 0.1) is 12.7 Å². The first-order valence-electron chi connectivity index (χ1n) is 4.37. The van der Waals surface area contributed by atoms with Crippen molar-refractivity contribution in [3.05, 3.63) is 36.4 Å². The van der Waals surface area contributed by atoms with Crippen molar-refractivity contribution in [3.63, 3.8) is 0 Å². The molecule has 0 unspecified atom stereocenters. The SMILES string of the molecule is C=C(NNC(S)=[NH+]C)c1ccc(O)cc1. The molecule has 0 aliphatic heterocycles. The predicted molar refractivity (Wildman–Crippen MR) is 64.3 cm³/mol. The summed E-state index contributed by atoms with van der Waals surface area (Å²) in [6.07, 6.45) is 0. The number of phenols is 1. The number of hydrazine groups is 1. The minimum absolute atomic E-state index is 0.233. The fourth-order valence-electron chi connectivity index (χ4n) is 0.932. The summed E-state index contributed by atoms with van der Waals surface area (Å²) in [5.74, 6) is 0.233. The topological polar surface area (TPSA) is 58.3 Å². The van der Waals surface area contributed by atoms with E-state index in [1.807, 2.05) is 0 Å². The van der Waals surface area contributed by atoms with Gasteiger partial charge < -0.3 is 5.11 Å². The maximum Gasteiger partial charge on any atom is 0.324 e. The van der Waals surface area contributed by atoms with Crippen LogP contribution in [0, 0.1) is 0 Å². The molecule has 1 aromatic carbocycles. The molecular formula is C10H14N3OS+. The van der Waals surface area contributed by atoms with Crippen LogP contribution in [0.5, 0.6) is 5.75 Å². The molecule has 0 atom stereocenters. The van der Waals surface area contributed by atoms with Crippen molar-refractivity contribution in [3.8, 4) is 5.75 Å². The number of aromatic hydroxyl groups is 1. The van der Waals surface area contributed by atoms with Gasteiger partial charge in [-0.3, -0.25) is 4.99 Å². The Bertz CT molecular complexity index is 373. The van der Waals surface area contributed by atoms with Crippen LogP contribution < -0.4 is 15.8 Å². The number of thiol groups is 1. The van der Waals surface area contributed by atoms with Crippen LogP contribution in [0.1, 0.15) is 5.56 Å². The summed E-state index contributed by atoms with van der Waals surface area (Å²) >= 11 is 4.08. The zero-order valence-electron chi connectivity index (χ0n) is 8.41. The molecule has 0 saturated heterocycles. The van der Waals surface area contributed by atoms with Gasteiger partial charge in [0.2, 0.25) is 0 Å². The van der Waals surface area contributed by atoms with Crippen LogP contribution in [0.4, 0.5) is 0 Å². The normalized spacial score (nSPS) is 10.9. The van der Waals surface area contributed by atoms with E-state index < -0.39 is 0 Å². The van der Waals surface area contributed by atoms with Gasteiger partial charge in [-0.05, 0) is 24.3 Å². The van der Waals surface area contributed by atoms with Gasteiger partial charge in [-0.2, -0.15) is 5.43 Å². The van der Waals surface area contributed by atoms with Crippen LogP contribution in [0.3, 0.4) is 0 Å². The van der Waals surface area contributed by atoms with Gasteiger partial charge in [-0.1, -0.05) is 19.2 Å². The van der Waals surface area contributed by atoms with E-state index in [2.05, 4.69) is 35.1 Å². The van der Waals surface area contributed by atoms with Crippen molar-refractivity contribution in [2.24, 2.45) is 0 Å². The molecule has 0 amide bonds. The Kier molecular flexibility index (Phi) is 4.05. The molecule has 0 spiro atoms. The lowest BCUT2D eigenvalue weighted by molar-refractivity contribution is -0.418. The van der Waals surface area contributed by atoms with Gasteiger partial charge >= 0.3 is 5.17 Å². The number of nitrogens with one attached hydrogen (secondary N) is 3. The molecule has 0 bridgehead atoms. The monoisotopic (exact) mass is 224 g/mol. The van der Waals surface area contributed by atoms with Crippen molar-refractivity contribution in [2.45, 2.75) is 0 Å². The van der Waals surface area contributed by atoms with E-state index in [1.54, 1.807) is 31.3 Å². The molecular weight excluding hydrogens is 210 g/mol. The van der Waals surface area contributed by atoms with Crippen molar-refractivity contribution in [1.29, 1.82) is 0 Å². The Morgan fingerprint density at radius 3 is 2.47 bits per heavy atom. The van der Waals surface area contributed by atoms with Crippen molar-refractivity contribution < 1.29 is 10.1 Å². The average molecular weight is 224 g/mol. The largest absolute Gasteiger partial charge is 0.508 e. The Hall–Kier alpha value is -1.62. The number of rotatable bonds is 3. The quantitative estimate of drug-likeness (QED) is 0.207. The summed E-state index contributed by atoms with van der Waals surface area (Å²) in [7, 11) is 1.75. The van der Waals surface area contributed by atoms with Gasteiger partial charge in [0.15, 0.2) is 0 Å². The van der Waals surface area contributed by atoms with Crippen LogP contribution >= 0.6 is 12.6 Å². The molecule has 0 fully saturated rings. The van der Waals surface area contributed by atoms with Gasteiger partial charge in [0, 0.05) is 5.56 Å².